The molecule has 0 unspecified atom stereocenters. The minimum absolute atomic E-state index is 0.146. The molecule has 0 saturated carbocycles. The summed E-state index contributed by atoms with van der Waals surface area (Å²) >= 11 is 7.11. The van der Waals surface area contributed by atoms with Crippen LogP contribution in [-0.2, 0) is 17.8 Å². The molecule has 2 heterocycles. The number of aromatic nitrogens is 2. The second-order valence-corrected chi connectivity index (χ2v) is 7.83. The van der Waals surface area contributed by atoms with E-state index in [0.29, 0.717) is 34.9 Å². The Bertz CT molecular complexity index is 1110. The Balaban J connectivity index is 1.23. The molecular formula is C22H18ClN3O3S. The predicted molar refractivity (Wildman–Crippen MR) is 115 cm³/mol. The summed E-state index contributed by atoms with van der Waals surface area (Å²) < 4.78 is 11.4. The Labute approximate surface area is 182 Å². The van der Waals surface area contributed by atoms with Crippen LogP contribution in [0.3, 0.4) is 0 Å². The van der Waals surface area contributed by atoms with Crippen molar-refractivity contribution in [2.24, 2.45) is 0 Å². The Morgan fingerprint density at radius 3 is 2.57 bits per heavy atom. The summed E-state index contributed by atoms with van der Waals surface area (Å²) in [7, 11) is 0. The van der Waals surface area contributed by atoms with Crippen molar-refractivity contribution >= 4 is 29.3 Å². The number of hydrogen-bond acceptors (Lipinski definition) is 6. The number of nitrogens with one attached hydrogen (secondary N) is 1. The quantitative estimate of drug-likeness (QED) is 0.390. The van der Waals surface area contributed by atoms with Crippen molar-refractivity contribution in [2.45, 2.75) is 18.2 Å². The highest BCUT2D eigenvalue weighted by molar-refractivity contribution is 7.99. The van der Waals surface area contributed by atoms with Crippen LogP contribution in [0.15, 0.2) is 80.8 Å². The number of benzene rings is 2. The molecule has 0 aliphatic carbocycles. The van der Waals surface area contributed by atoms with Crippen LogP contribution >= 0.6 is 23.4 Å². The second-order valence-electron chi connectivity index (χ2n) is 6.46. The molecule has 1 amide bonds. The van der Waals surface area contributed by atoms with Gasteiger partial charge in [0.2, 0.25) is 11.8 Å². The minimum atomic E-state index is -0.146. The molecule has 4 aromatic rings. The van der Waals surface area contributed by atoms with Crippen molar-refractivity contribution in [3.8, 4) is 11.3 Å². The molecule has 6 nitrogen and oxygen atoms in total. The summed E-state index contributed by atoms with van der Waals surface area (Å²) in [6, 6.07) is 21.0. The van der Waals surface area contributed by atoms with Crippen LogP contribution in [-0.4, -0.2) is 21.9 Å². The molecule has 2 aromatic carbocycles. The zero-order valence-corrected chi connectivity index (χ0v) is 17.4. The number of furan rings is 1. The van der Waals surface area contributed by atoms with Crippen LogP contribution in [0.2, 0.25) is 5.02 Å². The van der Waals surface area contributed by atoms with Crippen molar-refractivity contribution in [1.82, 2.24) is 15.5 Å². The normalized spacial score (nSPS) is 10.8. The molecule has 0 saturated heterocycles. The fourth-order valence-corrected chi connectivity index (χ4v) is 3.48. The maximum Gasteiger partial charge on any atom is 0.277 e. The van der Waals surface area contributed by atoms with Gasteiger partial charge >= 0.3 is 0 Å². The lowest BCUT2D eigenvalue weighted by Crippen LogP contribution is -2.24. The molecule has 0 radical (unpaired) electrons. The van der Waals surface area contributed by atoms with E-state index in [-0.39, 0.29) is 11.7 Å². The Morgan fingerprint density at radius 1 is 0.967 bits per heavy atom. The largest absolute Gasteiger partial charge is 0.459 e. The second kappa shape index (κ2) is 9.65. The predicted octanol–water partition coefficient (Wildman–Crippen LogP) is 4.98. The smallest absolute Gasteiger partial charge is 0.277 e. The summed E-state index contributed by atoms with van der Waals surface area (Å²) in [5, 5.41) is 11.9. The fourth-order valence-electron chi connectivity index (χ4n) is 2.74. The van der Waals surface area contributed by atoms with Gasteiger partial charge in [-0.2, -0.15) is 0 Å². The van der Waals surface area contributed by atoms with Crippen LogP contribution < -0.4 is 5.32 Å². The Hall–Kier alpha value is -3.03. The number of rotatable bonds is 8. The summed E-state index contributed by atoms with van der Waals surface area (Å²) in [5.41, 5.74) is 2.02. The summed E-state index contributed by atoms with van der Waals surface area (Å²) in [4.78, 5) is 12.1. The van der Waals surface area contributed by atoms with Gasteiger partial charge in [0.05, 0.1) is 18.7 Å². The molecule has 152 valence electrons. The van der Waals surface area contributed by atoms with Gasteiger partial charge in [-0.05, 0) is 42.0 Å². The molecule has 2 aromatic heterocycles. The third-order valence-electron chi connectivity index (χ3n) is 4.22. The lowest BCUT2D eigenvalue weighted by atomic mass is 10.2. The van der Waals surface area contributed by atoms with Gasteiger partial charge in [0.15, 0.2) is 0 Å². The third kappa shape index (κ3) is 5.52. The molecule has 0 bridgehead atoms. The van der Waals surface area contributed by atoms with Gasteiger partial charge in [-0.15, -0.1) is 10.2 Å². The van der Waals surface area contributed by atoms with Crippen molar-refractivity contribution < 1.29 is 13.6 Å². The van der Waals surface area contributed by atoms with Gasteiger partial charge in [-0.1, -0.05) is 53.7 Å². The number of hydrogen-bond donors (Lipinski definition) is 1. The van der Waals surface area contributed by atoms with E-state index in [4.69, 9.17) is 20.4 Å². The average molecular weight is 440 g/mol. The van der Waals surface area contributed by atoms with Gasteiger partial charge in [0.25, 0.3) is 5.22 Å². The van der Waals surface area contributed by atoms with Crippen LogP contribution in [0.4, 0.5) is 0 Å². The number of amides is 1. The zero-order chi connectivity index (χ0) is 20.8. The van der Waals surface area contributed by atoms with Crippen LogP contribution in [0.25, 0.3) is 11.3 Å². The maximum atomic E-state index is 12.1. The van der Waals surface area contributed by atoms with Gasteiger partial charge in [0, 0.05) is 10.6 Å². The molecule has 4 rings (SSSR count). The molecule has 1 N–H and O–H groups in total. The highest BCUT2D eigenvalue weighted by Gasteiger charge is 2.11. The van der Waals surface area contributed by atoms with Crippen molar-refractivity contribution in [1.29, 1.82) is 0 Å². The summed E-state index contributed by atoms with van der Waals surface area (Å²) in [6.07, 6.45) is 0.565. The molecule has 0 fully saturated rings. The molecule has 0 spiro atoms. The maximum absolute atomic E-state index is 12.1. The third-order valence-corrected chi connectivity index (χ3v) is 5.29. The van der Waals surface area contributed by atoms with Crippen LogP contribution in [0.1, 0.15) is 17.2 Å². The zero-order valence-electron chi connectivity index (χ0n) is 15.9. The van der Waals surface area contributed by atoms with E-state index in [1.165, 1.54) is 11.8 Å². The SMILES string of the molecule is O=C(CSc1nnc(Cc2ccccc2)o1)NCc1ccc(-c2ccc(Cl)cc2)o1. The van der Waals surface area contributed by atoms with Crippen LogP contribution in [0, 0.1) is 0 Å². The topological polar surface area (TPSA) is 81.2 Å². The molecule has 0 atom stereocenters. The van der Waals surface area contributed by atoms with Crippen molar-refractivity contribution in [3.05, 3.63) is 89.0 Å². The lowest BCUT2D eigenvalue weighted by Gasteiger charge is -2.02. The molecule has 0 aliphatic rings. The van der Waals surface area contributed by atoms with Crippen molar-refractivity contribution in [2.75, 3.05) is 5.75 Å². The van der Waals surface area contributed by atoms with Crippen LogP contribution in [0.5, 0.6) is 0 Å². The van der Waals surface area contributed by atoms with E-state index < -0.39 is 0 Å². The Kier molecular flexibility index (Phi) is 6.51. The van der Waals surface area contributed by atoms with Gasteiger partial charge in [0.1, 0.15) is 11.5 Å². The van der Waals surface area contributed by atoms with Crippen molar-refractivity contribution in [3.63, 3.8) is 0 Å². The van der Waals surface area contributed by atoms with E-state index in [2.05, 4.69) is 15.5 Å². The Morgan fingerprint density at radius 2 is 1.77 bits per heavy atom. The van der Waals surface area contributed by atoms with E-state index in [0.717, 1.165) is 16.9 Å². The van der Waals surface area contributed by atoms with E-state index in [1.54, 1.807) is 12.1 Å². The van der Waals surface area contributed by atoms with Gasteiger partial charge in [-0.25, -0.2) is 0 Å². The van der Waals surface area contributed by atoms with Gasteiger partial charge < -0.3 is 14.2 Å². The molecule has 8 heteroatoms. The first-order chi connectivity index (χ1) is 14.7. The summed E-state index contributed by atoms with van der Waals surface area (Å²) in [6.45, 7) is 0.302. The first kappa shape index (κ1) is 20.3. The lowest BCUT2D eigenvalue weighted by molar-refractivity contribution is -0.118. The standard InChI is InChI=1S/C22H18ClN3O3S/c23-17-8-6-16(7-9-17)19-11-10-18(28-19)13-24-20(27)14-30-22-26-25-21(29-22)12-15-4-2-1-3-5-15/h1-11H,12-14H2,(H,24,27). The minimum Gasteiger partial charge on any atom is -0.459 e. The molecule has 0 aliphatic heterocycles. The highest BCUT2D eigenvalue weighted by Crippen LogP contribution is 2.24. The number of carbonyl (C=O) groups is 1. The number of nitrogens with zero attached hydrogens (tertiary/aromatic N) is 2. The molecule has 30 heavy (non-hydrogen) atoms. The average Bonchev–Trinajstić information content (AvgIpc) is 3.42. The molecular weight excluding hydrogens is 422 g/mol. The fraction of sp³-hybridized carbons (Fsp3) is 0.136. The number of halogens is 1. The van der Waals surface area contributed by atoms with E-state index in [9.17, 15) is 4.79 Å². The summed E-state index contributed by atoms with van der Waals surface area (Å²) in [5.74, 6) is 1.95. The van der Waals surface area contributed by atoms with Gasteiger partial charge in [-0.3, -0.25) is 4.79 Å². The first-order valence-electron chi connectivity index (χ1n) is 9.26. The van der Waals surface area contributed by atoms with E-state index >= 15 is 0 Å². The highest BCUT2D eigenvalue weighted by atomic mass is 35.5. The number of thioether (sulfide) groups is 1. The monoisotopic (exact) mass is 439 g/mol. The number of carbonyl (C=O) groups excluding carboxylic acids is 1. The van der Waals surface area contributed by atoms with E-state index in [1.807, 2.05) is 54.6 Å². The first-order valence-corrected chi connectivity index (χ1v) is 10.6.